The summed E-state index contributed by atoms with van der Waals surface area (Å²) in [5.74, 6) is 7.51. The fraction of sp³-hybridized carbons (Fsp3) is 0.160. The zero-order valence-corrected chi connectivity index (χ0v) is 15.9. The highest BCUT2D eigenvalue weighted by molar-refractivity contribution is 5.87. The molecule has 3 nitrogen and oxygen atoms in total. The third kappa shape index (κ3) is 4.07. The fourth-order valence-electron chi connectivity index (χ4n) is 3.23. The van der Waals surface area contributed by atoms with E-state index in [0.29, 0.717) is 0 Å². The van der Waals surface area contributed by atoms with Gasteiger partial charge in [0.15, 0.2) is 0 Å². The summed E-state index contributed by atoms with van der Waals surface area (Å²) >= 11 is 0. The lowest BCUT2D eigenvalue weighted by atomic mass is 10.1. The van der Waals surface area contributed by atoms with Crippen molar-refractivity contribution in [3.8, 4) is 28.7 Å². The highest BCUT2D eigenvalue weighted by Gasteiger charge is 2.05. The number of aryl methyl sites for hydroxylation is 1. The molecule has 1 N–H and O–H groups in total. The van der Waals surface area contributed by atoms with E-state index in [1.165, 1.54) is 5.56 Å². The van der Waals surface area contributed by atoms with Crippen molar-refractivity contribution in [2.45, 2.75) is 19.3 Å². The Balaban J connectivity index is 1.43. The summed E-state index contributed by atoms with van der Waals surface area (Å²) in [7, 11) is 1.69. The topological polar surface area (TPSA) is 37.9 Å². The van der Waals surface area contributed by atoms with Crippen LogP contribution < -0.4 is 4.74 Å². The van der Waals surface area contributed by atoms with Crippen LogP contribution in [0.2, 0.25) is 0 Å². The summed E-state index contributed by atoms with van der Waals surface area (Å²) in [5, 5.41) is 1.07. The smallest absolute Gasteiger partial charge is 0.138 e. The summed E-state index contributed by atoms with van der Waals surface area (Å²) in [6, 6.07) is 20.7. The minimum Gasteiger partial charge on any atom is -0.497 e. The standard InChI is InChI=1S/C25H22N2O/c1-28-23-14-12-19(13-15-23)8-4-2-7-11-21-17-26-25-24(21)16-22(18-27-25)20-9-5-3-6-10-20/h3,5-6,9-10,12-18H,2,4,8H2,1H3,(H,26,27). The van der Waals surface area contributed by atoms with E-state index in [1.807, 2.05) is 42.7 Å². The van der Waals surface area contributed by atoms with Crippen LogP contribution in [0.5, 0.6) is 5.75 Å². The predicted molar refractivity (Wildman–Crippen MR) is 114 cm³/mol. The first-order chi connectivity index (χ1) is 13.8. The first-order valence-corrected chi connectivity index (χ1v) is 9.48. The number of unbranched alkanes of at least 4 members (excludes halogenated alkanes) is 1. The predicted octanol–water partition coefficient (Wildman–Crippen LogP) is 5.61. The molecule has 0 radical (unpaired) electrons. The normalized spacial score (nSPS) is 10.5. The van der Waals surface area contributed by atoms with E-state index in [1.54, 1.807) is 7.11 Å². The Morgan fingerprint density at radius 1 is 1.00 bits per heavy atom. The van der Waals surface area contributed by atoms with Crippen molar-refractivity contribution in [3.63, 3.8) is 0 Å². The minimum absolute atomic E-state index is 0.866. The second-order valence-electron chi connectivity index (χ2n) is 6.69. The number of fused-ring (bicyclic) bond motifs is 1. The maximum Gasteiger partial charge on any atom is 0.138 e. The monoisotopic (exact) mass is 366 g/mol. The summed E-state index contributed by atoms with van der Waals surface area (Å²) in [5.41, 5.74) is 5.46. The number of hydrogen-bond donors (Lipinski definition) is 1. The molecule has 0 saturated carbocycles. The maximum atomic E-state index is 5.19. The average Bonchev–Trinajstić information content (AvgIpc) is 3.17. The van der Waals surface area contributed by atoms with E-state index in [4.69, 9.17) is 4.74 Å². The molecule has 2 heterocycles. The summed E-state index contributed by atoms with van der Waals surface area (Å²) in [4.78, 5) is 7.76. The molecule has 4 aromatic rings. The van der Waals surface area contributed by atoms with Gasteiger partial charge < -0.3 is 9.72 Å². The van der Waals surface area contributed by atoms with Gasteiger partial charge >= 0.3 is 0 Å². The first kappa shape index (κ1) is 17.9. The molecule has 0 bridgehead atoms. The van der Waals surface area contributed by atoms with Crippen LogP contribution in [-0.2, 0) is 6.42 Å². The van der Waals surface area contributed by atoms with Gasteiger partial charge in [-0.15, -0.1) is 0 Å². The lowest BCUT2D eigenvalue weighted by molar-refractivity contribution is 0.414. The van der Waals surface area contributed by atoms with Crippen LogP contribution in [0.15, 0.2) is 73.1 Å². The van der Waals surface area contributed by atoms with Crippen molar-refractivity contribution in [1.29, 1.82) is 0 Å². The van der Waals surface area contributed by atoms with Gasteiger partial charge in [-0.3, -0.25) is 0 Å². The molecule has 0 atom stereocenters. The van der Waals surface area contributed by atoms with Crippen molar-refractivity contribution in [2.24, 2.45) is 0 Å². The van der Waals surface area contributed by atoms with Crippen molar-refractivity contribution in [2.75, 3.05) is 7.11 Å². The quantitative estimate of drug-likeness (QED) is 0.368. The molecule has 4 rings (SSSR count). The Hall–Kier alpha value is -3.51. The summed E-state index contributed by atoms with van der Waals surface area (Å²) < 4.78 is 5.19. The second-order valence-corrected chi connectivity index (χ2v) is 6.69. The van der Waals surface area contributed by atoms with Gasteiger partial charge in [0.05, 0.1) is 12.7 Å². The number of aromatic nitrogens is 2. The number of H-pyrrole nitrogens is 1. The van der Waals surface area contributed by atoms with Gasteiger partial charge in [-0.05, 0) is 42.2 Å². The summed E-state index contributed by atoms with van der Waals surface area (Å²) in [6.07, 6.45) is 6.77. The number of benzene rings is 2. The number of ether oxygens (including phenoxy) is 1. The zero-order chi connectivity index (χ0) is 19.2. The van der Waals surface area contributed by atoms with E-state index < -0.39 is 0 Å². The lowest BCUT2D eigenvalue weighted by Crippen LogP contribution is -1.86. The van der Waals surface area contributed by atoms with Crippen molar-refractivity contribution < 1.29 is 4.74 Å². The molecule has 2 aromatic carbocycles. The molecule has 0 aliphatic carbocycles. The number of rotatable bonds is 5. The van der Waals surface area contributed by atoms with Gasteiger partial charge in [0.25, 0.3) is 0 Å². The highest BCUT2D eigenvalue weighted by Crippen LogP contribution is 2.24. The Morgan fingerprint density at radius 2 is 1.82 bits per heavy atom. The molecule has 2 aromatic heterocycles. The number of hydrogen-bond acceptors (Lipinski definition) is 2. The molecule has 0 unspecified atom stereocenters. The van der Waals surface area contributed by atoms with Crippen LogP contribution in [0.25, 0.3) is 22.2 Å². The van der Waals surface area contributed by atoms with Crippen LogP contribution in [0.4, 0.5) is 0 Å². The molecule has 0 aliphatic rings. The van der Waals surface area contributed by atoms with Crippen LogP contribution >= 0.6 is 0 Å². The van der Waals surface area contributed by atoms with Crippen molar-refractivity contribution in [3.05, 3.63) is 84.2 Å². The zero-order valence-electron chi connectivity index (χ0n) is 15.9. The molecular formula is C25H22N2O. The minimum atomic E-state index is 0.866. The average molecular weight is 366 g/mol. The molecule has 0 saturated heterocycles. The van der Waals surface area contributed by atoms with Gasteiger partial charge in [0.2, 0.25) is 0 Å². The Labute approximate surface area is 165 Å². The van der Waals surface area contributed by atoms with E-state index in [9.17, 15) is 0 Å². The van der Waals surface area contributed by atoms with Crippen molar-refractivity contribution >= 4 is 11.0 Å². The van der Waals surface area contributed by atoms with E-state index in [0.717, 1.165) is 52.7 Å². The molecule has 138 valence electrons. The van der Waals surface area contributed by atoms with Crippen LogP contribution in [0.3, 0.4) is 0 Å². The van der Waals surface area contributed by atoms with Gasteiger partial charge in [-0.2, -0.15) is 0 Å². The first-order valence-electron chi connectivity index (χ1n) is 9.48. The van der Waals surface area contributed by atoms with E-state index in [2.05, 4.69) is 52.1 Å². The number of methoxy groups -OCH3 is 1. The lowest BCUT2D eigenvalue weighted by Gasteiger charge is -2.02. The number of pyridine rings is 1. The maximum absolute atomic E-state index is 5.19. The summed E-state index contributed by atoms with van der Waals surface area (Å²) in [6.45, 7) is 0. The fourth-order valence-corrected chi connectivity index (χ4v) is 3.23. The number of nitrogens with zero attached hydrogens (tertiary/aromatic N) is 1. The molecule has 28 heavy (non-hydrogen) atoms. The second kappa shape index (κ2) is 8.45. The Morgan fingerprint density at radius 3 is 2.61 bits per heavy atom. The molecule has 0 amide bonds. The largest absolute Gasteiger partial charge is 0.497 e. The van der Waals surface area contributed by atoms with Gasteiger partial charge in [0.1, 0.15) is 11.4 Å². The SMILES string of the molecule is COc1ccc(CCCC#Cc2c[nH]c3ncc(-c4ccccc4)cc23)cc1. The molecule has 0 spiro atoms. The van der Waals surface area contributed by atoms with Crippen molar-refractivity contribution in [1.82, 2.24) is 9.97 Å². The molecule has 0 fully saturated rings. The van der Waals surface area contributed by atoms with E-state index >= 15 is 0 Å². The Kier molecular flexibility index (Phi) is 5.40. The Bertz CT molecular complexity index is 1120. The van der Waals surface area contributed by atoms with Crippen LogP contribution in [0.1, 0.15) is 24.0 Å². The van der Waals surface area contributed by atoms with E-state index in [-0.39, 0.29) is 0 Å². The van der Waals surface area contributed by atoms with Gasteiger partial charge in [0, 0.05) is 29.8 Å². The molecule has 3 heteroatoms. The number of nitrogens with one attached hydrogen (secondary N) is 1. The molecule has 0 aliphatic heterocycles. The third-order valence-electron chi connectivity index (χ3n) is 4.79. The third-order valence-corrected chi connectivity index (χ3v) is 4.79. The molecular weight excluding hydrogens is 344 g/mol. The van der Waals surface area contributed by atoms with Crippen LogP contribution in [0, 0.1) is 11.8 Å². The highest BCUT2D eigenvalue weighted by atomic mass is 16.5. The van der Waals surface area contributed by atoms with Gasteiger partial charge in [-0.25, -0.2) is 4.98 Å². The van der Waals surface area contributed by atoms with Gasteiger partial charge in [-0.1, -0.05) is 54.3 Å². The van der Waals surface area contributed by atoms with Crippen LogP contribution in [-0.4, -0.2) is 17.1 Å². The number of aromatic amines is 1.